The molecular weight excluding hydrogens is 382 g/mol. The first-order valence-corrected chi connectivity index (χ1v) is 9.47. The highest BCUT2D eigenvalue weighted by Gasteiger charge is 2.51. The van der Waals surface area contributed by atoms with Crippen molar-refractivity contribution in [3.63, 3.8) is 0 Å². The van der Waals surface area contributed by atoms with Gasteiger partial charge in [-0.1, -0.05) is 18.2 Å². The lowest BCUT2D eigenvalue weighted by Crippen LogP contribution is -2.60. The molecule has 0 aliphatic carbocycles. The number of aromatic nitrogens is 1. The Morgan fingerprint density at radius 1 is 1.10 bits per heavy atom. The molecule has 7 heteroatoms. The molecule has 0 spiro atoms. The van der Waals surface area contributed by atoms with Gasteiger partial charge in [-0.25, -0.2) is 0 Å². The minimum absolute atomic E-state index is 0.0995. The number of benzene rings is 2. The van der Waals surface area contributed by atoms with Gasteiger partial charge in [0.05, 0.1) is 42.0 Å². The maximum Gasteiger partial charge on any atom is 0.183 e. The molecule has 0 unspecified atom stereocenters. The van der Waals surface area contributed by atoms with E-state index < -0.39 is 17.7 Å². The van der Waals surface area contributed by atoms with Gasteiger partial charge in [0, 0.05) is 31.4 Å². The van der Waals surface area contributed by atoms with Crippen LogP contribution in [0, 0.1) is 22.7 Å². The number of nitriles is 2. The maximum absolute atomic E-state index is 11.6. The van der Waals surface area contributed by atoms with Crippen LogP contribution in [-0.4, -0.2) is 48.8 Å². The quantitative estimate of drug-likeness (QED) is 0.703. The van der Waals surface area contributed by atoms with E-state index >= 15 is 0 Å². The summed E-state index contributed by atoms with van der Waals surface area (Å²) in [4.78, 5) is 0. The number of fused-ring (bicyclic) bond motifs is 2. The fraction of sp³-hybridized carbons (Fsp3) is 0.304. The smallest absolute Gasteiger partial charge is 0.183 e. The lowest BCUT2D eigenvalue weighted by Gasteiger charge is -2.46. The van der Waals surface area contributed by atoms with Crippen molar-refractivity contribution < 1.29 is 19.3 Å². The lowest BCUT2D eigenvalue weighted by molar-refractivity contribution is -0.147. The van der Waals surface area contributed by atoms with Gasteiger partial charge in [-0.2, -0.15) is 10.5 Å². The molecule has 0 amide bonds. The van der Waals surface area contributed by atoms with E-state index in [0.717, 1.165) is 10.9 Å². The zero-order valence-corrected chi connectivity index (χ0v) is 16.7. The van der Waals surface area contributed by atoms with Crippen LogP contribution < -0.4 is 4.74 Å². The average molecular weight is 403 g/mol. The Kier molecular flexibility index (Phi) is 5.19. The molecule has 1 aromatic heterocycles. The highest BCUT2D eigenvalue weighted by molar-refractivity contribution is 5.86. The lowest BCUT2D eigenvalue weighted by atomic mass is 9.84. The third-order valence-corrected chi connectivity index (χ3v) is 5.55. The average Bonchev–Trinajstić information content (AvgIpc) is 3.13. The minimum atomic E-state index is -1.16. The predicted molar refractivity (Wildman–Crippen MR) is 109 cm³/mol. The van der Waals surface area contributed by atoms with Crippen molar-refractivity contribution in [3.8, 4) is 17.9 Å². The predicted octanol–water partition coefficient (Wildman–Crippen LogP) is 2.76. The van der Waals surface area contributed by atoms with Crippen molar-refractivity contribution in [3.05, 3.63) is 65.4 Å². The molecule has 2 heterocycles. The zero-order chi connectivity index (χ0) is 21.3. The first-order chi connectivity index (χ1) is 14.6. The van der Waals surface area contributed by atoms with Gasteiger partial charge in [0.25, 0.3) is 0 Å². The second kappa shape index (κ2) is 7.81. The Morgan fingerprint density at radius 3 is 2.50 bits per heavy atom. The zero-order valence-electron chi connectivity index (χ0n) is 16.7. The maximum atomic E-state index is 11.6. The third-order valence-electron chi connectivity index (χ3n) is 5.55. The van der Waals surface area contributed by atoms with Gasteiger partial charge in [0.15, 0.2) is 5.60 Å². The van der Waals surface area contributed by atoms with Crippen LogP contribution in [-0.2, 0) is 9.47 Å². The van der Waals surface area contributed by atoms with Crippen molar-refractivity contribution in [1.29, 1.82) is 10.5 Å². The summed E-state index contributed by atoms with van der Waals surface area (Å²) < 4.78 is 18.9. The molecule has 0 fully saturated rings. The van der Waals surface area contributed by atoms with Crippen molar-refractivity contribution in [1.82, 2.24) is 4.57 Å². The summed E-state index contributed by atoms with van der Waals surface area (Å²) in [5, 5.41) is 31.4. The first-order valence-electron chi connectivity index (χ1n) is 9.47. The summed E-state index contributed by atoms with van der Waals surface area (Å²) in [7, 11) is 3.07. The van der Waals surface area contributed by atoms with E-state index in [4.69, 9.17) is 14.2 Å². The van der Waals surface area contributed by atoms with Crippen LogP contribution >= 0.6 is 0 Å². The second-order valence-corrected chi connectivity index (χ2v) is 7.37. The molecule has 2 aromatic carbocycles. The fourth-order valence-corrected chi connectivity index (χ4v) is 4.27. The van der Waals surface area contributed by atoms with Gasteiger partial charge in [-0.15, -0.1) is 0 Å². The summed E-state index contributed by atoms with van der Waals surface area (Å²) >= 11 is 0. The van der Waals surface area contributed by atoms with Crippen molar-refractivity contribution >= 4 is 10.9 Å². The summed E-state index contributed by atoms with van der Waals surface area (Å²) in [6.45, 7) is 0.199. The molecule has 0 saturated heterocycles. The number of ether oxygens (including phenoxy) is 3. The largest absolute Gasteiger partial charge is 0.479 e. The Morgan fingerprint density at radius 2 is 1.83 bits per heavy atom. The van der Waals surface area contributed by atoms with E-state index in [1.807, 2.05) is 28.8 Å². The molecule has 0 saturated carbocycles. The molecule has 3 aromatic rings. The highest BCUT2D eigenvalue weighted by Crippen LogP contribution is 2.44. The summed E-state index contributed by atoms with van der Waals surface area (Å²) in [5.41, 5.74) is 1.27. The number of aliphatic hydroxyl groups is 1. The number of hydrogen-bond donors (Lipinski definition) is 1. The normalized spacial score (nSPS) is 19.5. The molecule has 0 bridgehead atoms. The van der Waals surface area contributed by atoms with Gasteiger partial charge in [0.1, 0.15) is 17.9 Å². The minimum Gasteiger partial charge on any atom is -0.479 e. The van der Waals surface area contributed by atoms with Gasteiger partial charge < -0.3 is 23.9 Å². The Labute approximate surface area is 174 Å². The topological polar surface area (TPSA) is 100 Å². The van der Waals surface area contributed by atoms with Crippen LogP contribution in [0.25, 0.3) is 10.9 Å². The van der Waals surface area contributed by atoms with E-state index in [1.54, 1.807) is 24.4 Å². The Bertz CT molecular complexity index is 1170. The van der Waals surface area contributed by atoms with Gasteiger partial charge in [-0.05, 0) is 24.3 Å². The van der Waals surface area contributed by atoms with Crippen LogP contribution in [0.1, 0.15) is 22.7 Å². The monoisotopic (exact) mass is 403 g/mol. The van der Waals surface area contributed by atoms with E-state index in [9.17, 15) is 15.6 Å². The molecule has 2 atom stereocenters. The molecule has 30 heavy (non-hydrogen) atoms. The molecule has 0 radical (unpaired) electrons. The van der Waals surface area contributed by atoms with Crippen molar-refractivity contribution in [2.75, 3.05) is 27.4 Å². The van der Waals surface area contributed by atoms with E-state index in [-0.39, 0.29) is 13.2 Å². The highest BCUT2D eigenvalue weighted by atomic mass is 16.6. The number of para-hydroxylation sites is 1. The number of aliphatic hydroxyl groups excluding tert-OH is 1. The van der Waals surface area contributed by atoms with Gasteiger partial charge >= 0.3 is 0 Å². The van der Waals surface area contributed by atoms with E-state index in [0.29, 0.717) is 22.4 Å². The molecule has 7 nitrogen and oxygen atoms in total. The van der Waals surface area contributed by atoms with Crippen molar-refractivity contribution in [2.24, 2.45) is 0 Å². The van der Waals surface area contributed by atoms with Crippen molar-refractivity contribution in [2.45, 2.75) is 17.7 Å². The van der Waals surface area contributed by atoms with Crippen LogP contribution in [0.2, 0.25) is 0 Å². The van der Waals surface area contributed by atoms with Gasteiger partial charge in [-0.3, -0.25) is 0 Å². The summed E-state index contributed by atoms with van der Waals surface area (Å²) in [6.07, 6.45) is 0.665. The number of hydrogen-bond acceptors (Lipinski definition) is 6. The molecule has 152 valence electrons. The number of methoxy groups -OCH3 is 2. The Balaban J connectivity index is 2.00. The van der Waals surface area contributed by atoms with Crippen LogP contribution in [0.3, 0.4) is 0 Å². The SMILES string of the molecule is COCC1(COC)Oc2ccc(C#N)cc2[C@@H](n2cc(C#N)c3ccccc32)[C@@H]1O. The van der Waals surface area contributed by atoms with E-state index in [2.05, 4.69) is 12.1 Å². The van der Waals surface area contributed by atoms with Gasteiger partial charge in [0.2, 0.25) is 0 Å². The standard InChI is InChI=1S/C23H21N3O4/c1-28-13-23(14-29-2)22(27)21(18-9-15(10-24)7-8-20(18)30-23)26-12-16(11-25)17-5-3-4-6-19(17)26/h3-9,12,21-22,27H,13-14H2,1-2H3/t21-,22+/m1/s1. The molecule has 1 N–H and O–H groups in total. The van der Waals surface area contributed by atoms with Crippen LogP contribution in [0.4, 0.5) is 0 Å². The molecule has 1 aliphatic heterocycles. The van der Waals surface area contributed by atoms with E-state index in [1.165, 1.54) is 14.2 Å². The molecular formula is C23H21N3O4. The van der Waals surface area contributed by atoms with Crippen LogP contribution in [0.5, 0.6) is 5.75 Å². The first kappa shape index (κ1) is 19.9. The molecule has 4 rings (SSSR count). The third kappa shape index (κ3) is 3.01. The second-order valence-electron chi connectivity index (χ2n) is 7.37. The molecule has 1 aliphatic rings. The Hall–Kier alpha value is -3.36. The number of rotatable bonds is 5. The fourth-order valence-electron chi connectivity index (χ4n) is 4.27. The number of nitrogens with zero attached hydrogens (tertiary/aromatic N) is 3. The summed E-state index contributed by atoms with van der Waals surface area (Å²) in [6, 6.07) is 16.4. The van der Waals surface area contributed by atoms with Crippen LogP contribution in [0.15, 0.2) is 48.7 Å². The summed E-state index contributed by atoms with van der Waals surface area (Å²) in [5.74, 6) is 0.537.